The van der Waals surface area contributed by atoms with Crippen LogP contribution in [0.15, 0.2) is 11.6 Å². The van der Waals surface area contributed by atoms with Crippen LogP contribution in [0.2, 0.25) is 4.08 Å². The number of ketones is 1. The Bertz CT molecular complexity index is 137. The molecule has 2 heteroatoms. The van der Waals surface area contributed by atoms with Gasteiger partial charge >= 0.3 is 64.2 Å². The second-order valence-electron chi connectivity index (χ2n) is 1.91. The molecule has 0 fully saturated rings. The second kappa shape index (κ2) is 2.74. The molecule has 1 rings (SSSR count). The number of rotatable bonds is 1. The van der Waals surface area contributed by atoms with Gasteiger partial charge in [0.15, 0.2) is 0 Å². The molecule has 1 radical (unpaired) electrons. The van der Waals surface area contributed by atoms with E-state index < -0.39 is 0 Å². The monoisotopic (exact) mass is 304 g/mol. The van der Waals surface area contributed by atoms with Crippen LogP contribution in [0.1, 0.15) is 12.8 Å². The number of carbonyl (C=O) groups excluding carboxylic acids is 1. The van der Waals surface area contributed by atoms with Crippen molar-refractivity contribution in [2.45, 2.75) is 16.9 Å². The summed E-state index contributed by atoms with van der Waals surface area (Å²) in [6.45, 7) is 0. The van der Waals surface area contributed by atoms with Gasteiger partial charge < -0.3 is 0 Å². The molecule has 0 aromatic rings. The minimum absolute atomic E-state index is 0.321. The maximum absolute atomic E-state index is 10.5. The first-order valence-electron chi connectivity index (χ1n) is 2.63. The summed E-state index contributed by atoms with van der Waals surface area (Å²) in [5, 5.41) is 0. The normalized spacial score (nSPS) is 19.1. The van der Waals surface area contributed by atoms with E-state index in [2.05, 4.69) is 0 Å². The van der Waals surface area contributed by atoms with E-state index in [4.69, 9.17) is 0 Å². The third-order valence-corrected chi connectivity index (χ3v) is 2.68. The molecule has 1 nitrogen and oxygen atoms in total. The van der Waals surface area contributed by atoms with E-state index in [1.165, 1.54) is 5.57 Å². The molecule has 0 heterocycles. The summed E-state index contributed by atoms with van der Waals surface area (Å²) in [7, 11) is 0. The Morgan fingerprint density at radius 2 is 2.38 bits per heavy atom. The van der Waals surface area contributed by atoms with E-state index in [0.717, 1.165) is 16.9 Å². The molecule has 43 valence electrons. The van der Waals surface area contributed by atoms with Crippen molar-refractivity contribution in [3.8, 4) is 0 Å². The van der Waals surface area contributed by atoms with Crippen LogP contribution in [-0.2, 0) is 4.79 Å². The van der Waals surface area contributed by atoms with Crippen LogP contribution in [0.5, 0.6) is 0 Å². The van der Waals surface area contributed by atoms with Gasteiger partial charge in [0.1, 0.15) is 0 Å². The van der Waals surface area contributed by atoms with Gasteiger partial charge in [-0.3, -0.25) is 0 Å². The summed E-state index contributed by atoms with van der Waals surface area (Å²) in [6.07, 6.45) is 3.60. The van der Waals surface area contributed by atoms with Crippen LogP contribution in [0.4, 0.5) is 0 Å². The van der Waals surface area contributed by atoms with Crippen LogP contribution >= 0.6 is 0 Å². The molecule has 1 aliphatic carbocycles. The second-order valence-corrected chi connectivity index (χ2v) is 3.04. The molecular weight excluding hydrogens is 297 g/mol. The van der Waals surface area contributed by atoms with Gasteiger partial charge in [0.25, 0.3) is 0 Å². The molecule has 1 aliphatic rings. The molecule has 0 saturated heterocycles. The molecule has 0 N–H and O–H groups in total. The Morgan fingerprint density at radius 3 is 2.62 bits per heavy atom. The number of carbonyl (C=O) groups is 1. The average molecular weight is 304 g/mol. The van der Waals surface area contributed by atoms with E-state index in [0.29, 0.717) is 5.78 Å². The number of hydrogen-bond acceptors (Lipinski definition) is 1. The van der Waals surface area contributed by atoms with E-state index in [1.807, 2.05) is 0 Å². The molecule has 0 aromatic heterocycles. The standard InChI is InChI=1S/C6H7O.Po/c1-5-2-3-6(7)4-5;/h4H,1-3H2;. The van der Waals surface area contributed by atoms with Crippen molar-refractivity contribution < 1.29 is 4.79 Å². The van der Waals surface area contributed by atoms with Gasteiger partial charge in [0, 0.05) is 0 Å². The fourth-order valence-electron chi connectivity index (χ4n) is 0.770. The van der Waals surface area contributed by atoms with Gasteiger partial charge in [-0.25, -0.2) is 0 Å². The first-order chi connectivity index (χ1) is 3.83. The Balaban J connectivity index is 2.57. The van der Waals surface area contributed by atoms with Crippen molar-refractivity contribution in [2.24, 2.45) is 0 Å². The quantitative estimate of drug-likeness (QED) is 0.702. The van der Waals surface area contributed by atoms with E-state index in [-0.39, 0.29) is 0 Å². The fraction of sp³-hybridized carbons (Fsp3) is 0.500. The third kappa shape index (κ3) is 1.39. The summed E-state index contributed by atoms with van der Waals surface area (Å²) in [5.74, 6) is 0.321. The molecular formula is C6H7OPo. The Labute approximate surface area is 64.3 Å². The predicted octanol–water partition coefficient (Wildman–Crippen LogP) is 0.862. The van der Waals surface area contributed by atoms with Crippen LogP contribution in [0.3, 0.4) is 0 Å². The Hall–Kier alpha value is 0.306. The van der Waals surface area contributed by atoms with Crippen molar-refractivity contribution in [3.63, 3.8) is 0 Å². The summed E-state index contributed by atoms with van der Waals surface area (Å²) < 4.78 is 1.13. The molecule has 0 amide bonds. The van der Waals surface area contributed by atoms with Crippen LogP contribution in [-0.4, -0.2) is 30.8 Å². The molecule has 0 aliphatic heterocycles. The number of allylic oxidation sites excluding steroid dienone is 2. The fourth-order valence-corrected chi connectivity index (χ4v) is 1.65. The first-order valence-corrected chi connectivity index (χ1v) is 4.88. The average Bonchev–Trinajstić information content (AvgIpc) is 2.14. The molecule has 0 aromatic carbocycles. The Morgan fingerprint density at radius 1 is 1.62 bits per heavy atom. The maximum atomic E-state index is 10.5. The van der Waals surface area contributed by atoms with E-state index in [9.17, 15) is 4.79 Å². The van der Waals surface area contributed by atoms with Crippen molar-refractivity contribution >= 4 is 30.8 Å². The summed E-state index contributed by atoms with van der Waals surface area (Å²) in [4.78, 5) is 10.5. The predicted molar refractivity (Wildman–Crippen MR) is 32.9 cm³/mol. The van der Waals surface area contributed by atoms with Crippen molar-refractivity contribution in [3.05, 3.63) is 11.6 Å². The SMILES string of the molecule is O=C1C=C([CH2][Po])CC1. The minimum atomic E-state index is 0.321. The third-order valence-electron chi connectivity index (χ3n) is 1.24. The summed E-state index contributed by atoms with van der Waals surface area (Å²) in [6, 6.07) is 0. The van der Waals surface area contributed by atoms with Crippen LogP contribution < -0.4 is 0 Å². The van der Waals surface area contributed by atoms with Crippen molar-refractivity contribution in [1.29, 1.82) is 0 Å². The van der Waals surface area contributed by atoms with Gasteiger partial charge in [-0.15, -0.1) is 0 Å². The zero-order valence-corrected chi connectivity index (χ0v) is 7.69. The summed E-state index contributed by atoms with van der Waals surface area (Å²) >= 11 is 1.56. The first kappa shape index (κ1) is 6.43. The van der Waals surface area contributed by atoms with Crippen LogP contribution in [0.25, 0.3) is 0 Å². The topological polar surface area (TPSA) is 17.1 Å². The molecule has 0 atom stereocenters. The molecule has 0 spiro atoms. The molecule has 8 heavy (non-hydrogen) atoms. The van der Waals surface area contributed by atoms with Crippen LogP contribution in [0, 0.1) is 0 Å². The van der Waals surface area contributed by atoms with E-state index >= 15 is 0 Å². The van der Waals surface area contributed by atoms with Crippen molar-refractivity contribution in [2.75, 3.05) is 0 Å². The van der Waals surface area contributed by atoms with E-state index in [1.54, 1.807) is 31.1 Å². The van der Waals surface area contributed by atoms with Gasteiger partial charge in [-0.1, -0.05) is 0 Å². The molecule has 0 saturated carbocycles. The molecule has 0 unspecified atom stereocenters. The van der Waals surface area contributed by atoms with Crippen molar-refractivity contribution in [1.82, 2.24) is 0 Å². The number of hydrogen-bond donors (Lipinski definition) is 0. The van der Waals surface area contributed by atoms with Gasteiger partial charge in [-0.05, 0) is 0 Å². The Kier molecular flexibility index (Phi) is 2.20. The zero-order chi connectivity index (χ0) is 5.98. The van der Waals surface area contributed by atoms with Gasteiger partial charge in [0.05, 0.1) is 0 Å². The zero-order valence-electron chi connectivity index (χ0n) is 4.52. The molecule has 0 bridgehead atoms. The summed E-state index contributed by atoms with van der Waals surface area (Å²) in [5.41, 5.74) is 1.35. The van der Waals surface area contributed by atoms with Gasteiger partial charge in [-0.2, -0.15) is 0 Å². The van der Waals surface area contributed by atoms with Gasteiger partial charge in [0.2, 0.25) is 0 Å².